The zero-order valence-electron chi connectivity index (χ0n) is 17.1. The van der Waals surface area contributed by atoms with Gasteiger partial charge in [0.1, 0.15) is 4.90 Å². The number of rotatable bonds is 8. The average Bonchev–Trinajstić information content (AvgIpc) is 3.40. The summed E-state index contributed by atoms with van der Waals surface area (Å²) in [6, 6.07) is 8.11. The lowest BCUT2D eigenvalue weighted by atomic mass is 9.98. The number of hydrogen-bond acceptors (Lipinski definition) is 12. The number of aromatic nitrogens is 5. The van der Waals surface area contributed by atoms with E-state index in [1.807, 2.05) is 6.07 Å². The zero-order chi connectivity index (χ0) is 23.8. The number of anilines is 1. The van der Waals surface area contributed by atoms with Gasteiger partial charge in [-0.3, -0.25) is 9.11 Å². The third kappa shape index (κ3) is 4.55. The normalized spacial score (nSPS) is 13.0. The molecule has 4 aromatic rings. The van der Waals surface area contributed by atoms with Crippen LogP contribution in [0.15, 0.2) is 40.1 Å². The molecule has 2 aromatic heterocycles. The number of nitrogens with zero attached hydrogens (tertiary/aromatic N) is 4. The van der Waals surface area contributed by atoms with Gasteiger partial charge in [0.2, 0.25) is 15.8 Å². The molecular weight excluding hydrogens is 492 g/mol. The number of primary sulfonamides is 1. The van der Waals surface area contributed by atoms with Crippen LogP contribution < -0.4 is 15.6 Å². The van der Waals surface area contributed by atoms with E-state index >= 15 is 0 Å². The summed E-state index contributed by atoms with van der Waals surface area (Å²) in [5, 5.41) is 19.6. The van der Waals surface area contributed by atoms with E-state index < -0.39 is 25.7 Å². The van der Waals surface area contributed by atoms with Crippen LogP contribution in [0.1, 0.15) is 0 Å². The Bertz CT molecular complexity index is 1410. The maximum absolute atomic E-state index is 12.8. The summed E-state index contributed by atoms with van der Waals surface area (Å²) in [7, 11) is -6.88. The molecule has 0 saturated heterocycles. The number of nitrogens with one attached hydrogen (secondary N) is 2. The second-order valence-corrected chi connectivity index (χ2v) is 11.1. The number of H-pyrrole nitrogens is 1. The van der Waals surface area contributed by atoms with Crippen molar-refractivity contribution in [3.05, 3.63) is 30.3 Å². The number of hydrogen-bond donors (Lipinski definition) is 6. The lowest BCUT2D eigenvalue weighted by Crippen LogP contribution is -2.27. The molecular formula is C17H20N8O5S3. The highest BCUT2D eigenvalue weighted by Gasteiger charge is 2.32. The third-order valence-electron chi connectivity index (χ3n) is 4.62. The Balaban J connectivity index is 2.06. The quantitative estimate of drug-likeness (QED) is 0.186. The van der Waals surface area contributed by atoms with Gasteiger partial charge in [-0.15, -0.1) is 21.0 Å². The minimum atomic E-state index is -4.52. The number of ether oxygens (including phenoxy) is 1. The summed E-state index contributed by atoms with van der Waals surface area (Å²) >= 11 is 1.27. The molecule has 0 bridgehead atoms. The maximum atomic E-state index is 12.8. The molecule has 8 N–H and O–H groups in total. The van der Waals surface area contributed by atoms with Crippen molar-refractivity contribution in [1.82, 2.24) is 30.3 Å². The van der Waals surface area contributed by atoms with E-state index in [1.54, 1.807) is 12.1 Å². The molecule has 4 rings (SSSR count). The van der Waals surface area contributed by atoms with E-state index in [0.29, 0.717) is 21.8 Å². The molecule has 0 spiro atoms. The Morgan fingerprint density at radius 3 is 2.67 bits per heavy atom. The van der Waals surface area contributed by atoms with Crippen LogP contribution in [-0.2, 0) is 14.8 Å². The molecule has 16 heteroatoms. The standard InChI is InChI=1S/C17H20N8O5S3/c1-30-8-7-20-33(28,29)12-6-5-9(10-3-2-4-11-14(10)21-17(18)31-11)13(15(12)32(19,26)27)16-22-24-25-23-16/h2-6,20,28-29H,7-8H2,1H3,(H2,18,21)(H2,19,26,27)(H,22,23,24,25). The van der Waals surface area contributed by atoms with Gasteiger partial charge in [-0.25, -0.2) is 23.3 Å². The number of methoxy groups -OCH3 is 1. The fourth-order valence-corrected chi connectivity index (χ4v) is 6.77. The molecule has 0 amide bonds. The van der Waals surface area contributed by atoms with Crippen molar-refractivity contribution in [2.24, 2.45) is 5.14 Å². The summed E-state index contributed by atoms with van der Waals surface area (Å²) in [6.07, 6.45) is 0. The fraction of sp³-hybridized carbons (Fsp3) is 0.176. The van der Waals surface area contributed by atoms with Crippen molar-refractivity contribution in [2.75, 3.05) is 26.0 Å². The molecule has 0 saturated carbocycles. The summed E-state index contributed by atoms with van der Waals surface area (Å²) in [4.78, 5) is 3.47. The van der Waals surface area contributed by atoms with E-state index in [9.17, 15) is 17.5 Å². The molecule has 0 unspecified atom stereocenters. The fourth-order valence-electron chi connectivity index (χ4n) is 3.33. The number of fused-ring (bicyclic) bond motifs is 1. The smallest absolute Gasteiger partial charge is 0.240 e. The molecule has 33 heavy (non-hydrogen) atoms. The van der Waals surface area contributed by atoms with E-state index in [0.717, 1.165) is 4.70 Å². The number of nitrogens with two attached hydrogens (primary N) is 2. The Morgan fingerprint density at radius 2 is 2.00 bits per heavy atom. The predicted octanol–water partition coefficient (Wildman–Crippen LogP) is 1.63. The summed E-state index contributed by atoms with van der Waals surface area (Å²) in [5.41, 5.74) is 7.22. The molecule has 2 aromatic carbocycles. The van der Waals surface area contributed by atoms with Crippen molar-refractivity contribution in [3.8, 4) is 22.5 Å². The van der Waals surface area contributed by atoms with Gasteiger partial charge in [0.05, 0.1) is 27.3 Å². The Kier molecular flexibility index (Phi) is 6.34. The van der Waals surface area contributed by atoms with Crippen LogP contribution in [0, 0.1) is 0 Å². The lowest BCUT2D eigenvalue weighted by Gasteiger charge is -2.35. The molecule has 0 aliphatic rings. The average molecular weight is 513 g/mol. The van der Waals surface area contributed by atoms with Crippen LogP contribution >= 0.6 is 22.1 Å². The largest absolute Gasteiger partial charge is 0.383 e. The van der Waals surface area contributed by atoms with Crippen molar-refractivity contribution in [1.29, 1.82) is 0 Å². The van der Waals surface area contributed by atoms with Gasteiger partial charge in [-0.05, 0) is 22.9 Å². The monoisotopic (exact) mass is 512 g/mol. The van der Waals surface area contributed by atoms with Crippen LogP contribution in [0.5, 0.6) is 0 Å². The SMILES string of the molecule is COCCNS(O)(O)c1ccc(-c2cccc3sc(N)nc23)c(-c2nn[nH]n2)c1S(N)(=O)=O. The molecule has 0 fully saturated rings. The van der Waals surface area contributed by atoms with Gasteiger partial charge in [0.25, 0.3) is 0 Å². The molecule has 2 heterocycles. The first kappa shape index (κ1) is 23.5. The first-order chi connectivity index (χ1) is 15.6. The summed E-state index contributed by atoms with van der Waals surface area (Å²) in [6.45, 7) is 0.198. The van der Waals surface area contributed by atoms with E-state index in [-0.39, 0.29) is 29.4 Å². The van der Waals surface area contributed by atoms with Crippen LogP contribution in [0.3, 0.4) is 0 Å². The van der Waals surface area contributed by atoms with Crippen molar-refractivity contribution >= 4 is 47.5 Å². The van der Waals surface area contributed by atoms with E-state index in [4.69, 9.17) is 15.6 Å². The number of aromatic amines is 1. The second-order valence-electron chi connectivity index (χ2n) is 6.74. The van der Waals surface area contributed by atoms with Gasteiger partial charge < -0.3 is 10.5 Å². The van der Waals surface area contributed by atoms with Crippen LogP contribution in [0.25, 0.3) is 32.7 Å². The van der Waals surface area contributed by atoms with Crippen LogP contribution in [0.2, 0.25) is 0 Å². The minimum Gasteiger partial charge on any atom is -0.383 e. The van der Waals surface area contributed by atoms with Gasteiger partial charge >= 0.3 is 0 Å². The van der Waals surface area contributed by atoms with Gasteiger partial charge in [-0.2, -0.15) is 5.21 Å². The number of benzene rings is 2. The highest BCUT2D eigenvalue weighted by molar-refractivity contribution is 8.22. The van der Waals surface area contributed by atoms with Crippen molar-refractivity contribution in [3.63, 3.8) is 0 Å². The molecule has 13 nitrogen and oxygen atoms in total. The number of sulfonamides is 1. The molecule has 0 aliphatic carbocycles. The Labute approximate surface area is 193 Å². The number of nitrogen functional groups attached to an aromatic ring is 1. The lowest BCUT2D eigenvalue weighted by molar-refractivity contribution is 0.203. The van der Waals surface area contributed by atoms with Crippen molar-refractivity contribution in [2.45, 2.75) is 9.79 Å². The summed E-state index contributed by atoms with van der Waals surface area (Å²) in [5.74, 6) is -0.108. The van der Waals surface area contributed by atoms with Crippen LogP contribution in [0.4, 0.5) is 5.13 Å². The second kappa shape index (κ2) is 8.92. The summed E-state index contributed by atoms with van der Waals surface area (Å²) < 4.78 is 55.3. The van der Waals surface area contributed by atoms with E-state index in [2.05, 4.69) is 30.3 Å². The molecule has 176 valence electrons. The Hall–Kier alpha value is -2.70. The van der Waals surface area contributed by atoms with Crippen LogP contribution in [-0.4, -0.2) is 63.4 Å². The van der Waals surface area contributed by atoms with Gasteiger partial charge in [0, 0.05) is 19.2 Å². The molecule has 0 radical (unpaired) electrons. The van der Waals surface area contributed by atoms with E-state index in [1.165, 1.54) is 30.6 Å². The topological polar surface area (TPSA) is 215 Å². The number of para-hydroxylation sites is 1. The first-order valence-corrected chi connectivity index (χ1v) is 13.1. The molecule has 0 atom stereocenters. The zero-order valence-corrected chi connectivity index (χ0v) is 19.5. The highest BCUT2D eigenvalue weighted by atomic mass is 32.3. The third-order valence-corrected chi connectivity index (χ3v) is 8.15. The highest BCUT2D eigenvalue weighted by Crippen LogP contribution is 2.51. The van der Waals surface area contributed by atoms with Gasteiger partial charge in [0.15, 0.2) is 5.13 Å². The van der Waals surface area contributed by atoms with Gasteiger partial charge in [-0.1, -0.05) is 29.5 Å². The first-order valence-electron chi connectivity index (χ1n) is 9.24. The van der Waals surface area contributed by atoms with Crippen molar-refractivity contribution < 1.29 is 22.3 Å². The maximum Gasteiger partial charge on any atom is 0.240 e. The Morgan fingerprint density at radius 1 is 1.21 bits per heavy atom. The number of tetrazole rings is 1. The molecule has 0 aliphatic heterocycles. The number of thiazole rings is 1. The minimum absolute atomic E-state index is 0.0413. The predicted molar refractivity (Wildman–Crippen MR) is 125 cm³/mol.